The van der Waals surface area contributed by atoms with Crippen LogP contribution >= 0.6 is 27.5 Å². The fraction of sp³-hybridized carbons (Fsp3) is 0.100. The highest BCUT2D eigenvalue weighted by Gasteiger charge is 2.35. The number of benzene rings is 1. The summed E-state index contributed by atoms with van der Waals surface area (Å²) in [5, 5.41) is 20.0. The fourth-order valence-electron chi connectivity index (χ4n) is 1.10. The zero-order valence-corrected chi connectivity index (χ0v) is 11.2. The van der Waals surface area contributed by atoms with Crippen molar-refractivity contribution in [2.75, 3.05) is 5.43 Å². The van der Waals surface area contributed by atoms with Crippen LogP contribution in [-0.2, 0) is 6.18 Å². The first kappa shape index (κ1) is 15.3. The van der Waals surface area contributed by atoms with E-state index in [0.29, 0.717) is 6.07 Å². The Hall–Kier alpha value is -1.77. The SMILES string of the molecule is N#CC(C#N)=NNc1c(Br)cc(Cl)cc1C(F)(F)F. The van der Waals surface area contributed by atoms with Crippen LogP contribution in [0.1, 0.15) is 5.56 Å². The van der Waals surface area contributed by atoms with E-state index in [1.807, 2.05) is 5.43 Å². The maximum atomic E-state index is 12.8. The minimum Gasteiger partial charge on any atom is -0.275 e. The molecule has 0 fully saturated rings. The standard InChI is InChI=1S/C10H3BrClF3N4/c11-8-2-5(12)1-7(10(13,14)15)9(8)19-18-6(3-16)4-17/h1-2,19H. The van der Waals surface area contributed by atoms with E-state index in [1.54, 1.807) is 0 Å². The number of nitrogens with zero attached hydrogens (tertiary/aromatic N) is 3. The van der Waals surface area contributed by atoms with Gasteiger partial charge in [0, 0.05) is 9.50 Å². The molecule has 0 spiro atoms. The van der Waals surface area contributed by atoms with Gasteiger partial charge >= 0.3 is 6.18 Å². The summed E-state index contributed by atoms with van der Waals surface area (Å²) in [6, 6.07) is 4.77. The van der Waals surface area contributed by atoms with E-state index in [2.05, 4.69) is 21.0 Å². The normalized spacial score (nSPS) is 10.3. The van der Waals surface area contributed by atoms with Crippen molar-refractivity contribution in [3.63, 3.8) is 0 Å². The molecule has 0 radical (unpaired) electrons. The van der Waals surface area contributed by atoms with Gasteiger partial charge in [-0.2, -0.15) is 28.8 Å². The smallest absolute Gasteiger partial charge is 0.275 e. The first-order chi connectivity index (χ1) is 8.79. The van der Waals surface area contributed by atoms with Crippen molar-refractivity contribution in [3.8, 4) is 12.1 Å². The first-order valence-corrected chi connectivity index (χ1v) is 5.67. The third kappa shape index (κ3) is 3.85. The number of rotatable bonds is 2. The molecule has 0 aliphatic heterocycles. The van der Waals surface area contributed by atoms with Gasteiger partial charge in [0.15, 0.2) is 0 Å². The molecule has 0 aromatic heterocycles. The molecule has 0 bridgehead atoms. The van der Waals surface area contributed by atoms with Crippen LogP contribution in [0.3, 0.4) is 0 Å². The van der Waals surface area contributed by atoms with Crippen LogP contribution in [0.25, 0.3) is 0 Å². The van der Waals surface area contributed by atoms with Gasteiger partial charge in [0.2, 0.25) is 5.71 Å². The van der Waals surface area contributed by atoms with Gasteiger partial charge in [0.25, 0.3) is 0 Å². The van der Waals surface area contributed by atoms with E-state index in [-0.39, 0.29) is 9.50 Å². The average Bonchev–Trinajstić information content (AvgIpc) is 2.30. The van der Waals surface area contributed by atoms with E-state index >= 15 is 0 Å². The molecule has 19 heavy (non-hydrogen) atoms. The minimum atomic E-state index is -4.66. The molecule has 0 atom stereocenters. The molecule has 1 aromatic carbocycles. The zero-order chi connectivity index (χ0) is 14.6. The lowest BCUT2D eigenvalue weighted by molar-refractivity contribution is -0.137. The molecule has 0 unspecified atom stereocenters. The third-order valence-electron chi connectivity index (χ3n) is 1.85. The van der Waals surface area contributed by atoms with Crippen molar-refractivity contribution < 1.29 is 13.2 Å². The van der Waals surface area contributed by atoms with Gasteiger partial charge in [-0.25, -0.2) is 0 Å². The highest BCUT2D eigenvalue weighted by Crippen LogP contribution is 2.40. The first-order valence-electron chi connectivity index (χ1n) is 4.49. The largest absolute Gasteiger partial charge is 0.418 e. The summed E-state index contributed by atoms with van der Waals surface area (Å²) in [6.07, 6.45) is -4.66. The van der Waals surface area contributed by atoms with Crippen molar-refractivity contribution in [1.29, 1.82) is 10.5 Å². The Labute approximate surface area is 119 Å². The van der Waals surface area contributed by atoms with Crippen molar-refractivity contribution in [2.45, 2.75) is 6.18 Å². The average molecular weight is 352 g/mol. The predicted octanol–water partition coefficient (Wildman–Crippen LogP) is 3.94. The van der Waals surface area contributed by atoms with Crippen molar-refractivity contribution >= 4 is 38.9 Å². The molecule has 1 N–H and O–H groups in total. The number of anilines is 1. The lowest BCUT2D eigenvalue weighted by Crippen LogP contribution is -2.10. The Morgan fingerprint density at radius 3 is 2.37 bits per heavy atom. The quantitative estimate of drug-likeness (QED) is 0.648. The van der Waals surface area contributed by atoms with Crippen LogP contribution in [0.4, 0.5) is 18.9 Å². The van der Waals surface area contributed by atoms with Gasteiger partial charge in [-0.3, -0.25) is 5.43 Å². The molecule has 0 saturated heterocycles. The van der Waals surface area contributed by atoms with Crippen LogP contribution in [-0.4, -0.2) is 5.71 Å². The molecule has 4 nitrogen and oxygen atoms in total. The minimum absolute atomic E-state index is 0.00584. The van der Waals surface area contributed by atoms with Crippen molar-refractivity contribution in [1.82, 2.24) is 0 Å². The number of nitrogens with one attached hydrogen (secondary N) is 1. The number of hydrogen-bond donors (Lipinski definition) is 1. The molecule has 0 aliphatic rings. The second kappa shape index (κ2) is 5.91. The van der Waals surface area contributed by atoms with Gasteiger partial charge in [-0.15, -0.1) is 0 Å². The predicted molar refractivity (Wildman–Crippen MR) is 66.4 cm³/mol. The van der Waals surface area contributed by atoms with E-state index in [9.17, 15) is 13.2 Å². The number of alkyl halides is 3. The molecule has 0 heterocycles. The highest BCUT2D eigenvalue weighted by molar-refractivity contribution is 9.10. The Bertz CT molecular complexity index is 597. The van der Waals surface area contributed by atoms with E-state index in [0.717, 1.165) is 0 Å². The van der Waals surface area contributed by atoms with Crippen LogP contribution in [0.5, 0.6) is 0 Å². The summed E-state index contributed by atoms with van der Waals surface area (Å²) >= 11 is 8.45. The second-order valence-corrected chi connectivity index (χ2v) is 4.39. The third-order valence-corrected chi connectivity index (χ3v) is 2.70. The highest BCUT2D eigenvalue weighted by atomic mass is 79.9. The summed E-state index contributed by atoms with van der Waals surface area (Å²) in [7, 11) is 0. The van der Waals surface area contributed by atoms with Crippen LogP contribution in [0.2, 0.25) is 5.02 Å². The summed E-state index contributed by atoms with van der Waals surface area (Å²) in [6.45, 7) is 0. The molecule has 0 saturated carbocycles. The lowest BCUT2D eigenvalue weighted by Gasteiger charge is -2.14. The van der Waals surface area contributed by atoms with E-state index < -0.39 is 23.1 Å². The topological polar surface area (TPSA) is 72.0 Å². The summed E-state index contributed by atoms with van der Waals surface area (Å²) in [5.41, 5.74) is -0.0619. The van der Waals surface area contributed by atoms with Gasteiger partial charge in [0.05, 0.1) is 11.3 Å². The molecule has 0 amide bonds. The van der Waals surface area contributed by atoms with Crippen molar-refractivity contribution in [2.24, 2.45) is 5.10 Å². The van der Waals surface area contributed by atoms with Crippen LogP contribution < -0.4 is 5.43 Å². The Kier molecular flexibility index (Phi) is 4.76. The van der Waals surface area contributed by atoms with Gasteiger partial charge < -0.3 is 0 Å². The molecule has 9 heteroatoms. The van der Waals surface area contributed by atoms with Crippen LogP contribution in [0.15, 0.2) is 21.7 Å². The van der Waals surface area contributed by atoms with Gasteiger partial charge in [-0.1, -0.05) is 11.6 Å². The fourth-order valence-corrected chi connectivity index (χ4v) is 2.00. The molecule has 1 aromatic rings. The molecule has 1 rings (SSSR count). The van der Waals surface area contributed by atoms with E-state index in [1.165, 1.54) is 18.2 Å². The van der Waals surface area contributed by atoms with Gasteiger partial charge in [-0.05, 0) is 28.1 Å². The second-order valence-electron chi connectivity index (χ2n) is 3.10. The molecular formula is C10H3BrClF3N4. The molecule has 98 valence electrons. The summed E-state index contributed by atoms with van der Waals surface area (Å²) in [4.78, 5) is 0. The summed E-state index contributed by atoms with van der Waals surface area (Å²) in [5.74, 6) is 0. The monoisotopic (exact) mass is 350 g/mol. The number of halogens is 5. The maximum absolute atomic E-state index is 12.8. The number of hydrazone groups is 1. The zero-order valence-electron chi connectivity index (χ0n) is 8.89. The maximum Gasteiger partial charge on any atom is 0.418 e. The Morgan fingerprint density at radius 2 is 1.89 bits per heavy atom. The van der Waals surface area contributed by atoms with E-state index in [4.69, 9.17) is 22.1 Å². The Morgan fingerprint density at radius 1 is 1.32 bits per heavy atom. The number of nitriles is 2. The van der Waals surface area contributed by atoms with Gasteiger partial charge in [0.1, 0.15) is 12.1 Å². The number of hydrogen-bond acceptors (Lipinski definition) is 4. The Balaban J connectivity index is 3.32. The molecular weight excluding hydrogens is 348 g/mol. The lowest BCUT2D eigenvalue weighted by atomic mass is 10.2. The van der Waals surface area contributed by atoms with Crippen molar-refractivity contribution in [3.05, 3.63) is 27.2 Å². The van der Waals surface area contributed by atoms with Crippen LogP contribution in [0, 0.1) is 22.7 Å². The summed E-state index contributed by atoms with van der Waals surface area (Å²) < 4.78 is 38.4. The molecule has 0 aliphatic carbocycles.